The van der Waals surface area contributed by atoms with Crippen LogP contribution in [0.5, 0.6) is 5.75 Å². The molecular formula is C30H32FN3O7. The Bertz CT molecular complexity index is 1520. The summed E-state index contributed by atoms with van der Waals surface area (Å²) in [5.74, 6) is -11.4. The van der Waals surface area contributed by atoms with Crippen LogP contribution in [0.1, 0.15) is 27.9 Å². The molecule has 0 aromatic heterocycles. The largest absolute Gasteiger partial charge is 0.507 e. The van der Waals surface area contributed by atoms with E-state index in [1.54, 1.807) is 18.2 Å². The third kappa shape index (κ3) is 4.22. The van der Waals surface area contributed by atoms with Crippen molar-refractivity contribution in [2.45, 2.75) is 31.0 Å². The third-order valence-corrected chi connectivity index (χ3v) is 8.79. The van der Waals surface area contributed by atoms with E-state index in [0.29, 0.717) is 28.8 Å². The number of carbonyl (C=O) groups is 5. The fraction of sp³-hybridized carbons (Fsp3) is 0.433. The van der Waals surface area contributed by atoms with Crippen molar-refractivity contribution in [3.63, 3.8) is 0 Å². The maximum atomic E-state index is 14.5. The van der Waals surface area contributed by atoms with E-state index in [2.05, 4.69) is 0 Å². The van der Waals surface area contributed by atoms with Crippen LogP contribution in [0.25, 0.3) is 11.1 Å². The van der Waals surface area contributed by atoms with Crippen molar-refractivity contribution in [1.82, 2.24) is 9.80 Å². The van der Waals surface area contributed by atoms with Gasteiger partial charge in [-0.3, -0.25) is 28.9 Å². The Kier molecular flexibility index (Phi) is 6.96. The first kappa shape index (κ1) is 28.7. The summed E-state index contributed by atoms with van der Waals surface area (Å²) in [6, 6.07) is 6.36. The number of ketones is 4. The van der Waals surface area contributed by atoms with Crippen LogP contribution in [0.15, 0.2) is 30.3 Å². The van der Waals surface area contributed by atoms with Gasteiger partial charge in [0.2, 0.25) is 5.91 Å². The average Bonchev–Trinajstić information content (AvgIpc) is 2.87. The van der Waals surface area contributed by atoms with Crippen molar-refractivity contribution in [3.8, 4) is 16.9 Å². The number of phenols is 1. The molecular weight excluding hydrogens is 533 g/mol. The summed E-state index contributed by atoms with van der Waals surface area (Å²) in [5, 5.41) is 22.4. The van der Waals surface area contributed by atoms with Gasteiger partial charge in [0.05, 0.1) is 17.5 Å². The smallest absolute Gasteiger partial charge is 0.235 e. The Morgan fingerprint density at radius 1 is 1.07 bits per heavy atom. The van der Waals surface area contributed by atoms with E-state index in [1.165, 1.54) is 31.1 Å². The van der Waals surface area contributed by atoms with Gasteiger partial charge in [-0.2, -0.15) is 0 Å². The van der Waals surface area contributed by atoms with E-state index in [0.717, 1.165) is 0 Å². The normalized spacial score (nSPS) is 29.4. The van der Waals surface area contributed by atoms with Crippen LogP contribution in [0.2, 0.25) is 0 Å². The van der Waals surface area contributed by atoms with Gasteiger partial charge in [0.1, 0.15) is 11.6 Å². The number of Topliss-reactive ketones (excluding diaryl/α,β-unsaturated/α-hetero) is 4. The van der Waals surface area contributed by atoms with Gasteiger partial charge in [0.15, 0.2) is 34.7 Å². The number of phenolic OH excluding ortho intramolecular Hbond substituents is 1. The summed E-state index contributed by atoms with van der Waals surface area (Å²) in [4.78, 5) is 69.8. The Balaban J connectivity index is 1.64. The summed E-state index contributed by atoms with van der Waals surface area (Å²) in [5.41, 5.74) is 4.55. The number of rotatable bonds is 5. The monoisotopic (exact) mass is 565 g/mol. The number of primary amides is 1. The molecule has 0 spiro atoms. The average molecular weight is 566 g/mol. The number of carbonyl (C=O) groups excluding carboxylic acids is 5. The third-order valence-electron chi connectivity index (χ3n) is 8.79. The molecule has 5 rings (SSSR count). The number of nitrogens with zero attached hydrogens (tertiary/aromatic N) is 2. The number of aromatic hydroxyl groups is 1. The first-order chi connectivity index (χ1) is 19.2. The topological polar surface area (TPSA) is 158 Å². The zero-order valence-corrected chi connectivity index (χ0v) is 23.2. The first-order valence-corrected chi connectivity index (χ1v) is 13.3. The molecule has 11 heteroatoms. The zero-order chi connectivity index (χ0) is 30.1. The van der Waals surface area contributed by atoms with E-state index in [9.17, 15) is 38.6 Å². The first-order valence-electron chi connectivity index (χ1n) is 13.3. The highest BCUT2D eigenvalue weighted by atomic mass is 19.1. The minimum absolute atomic E-state index is 0.0473. The van der Waals surface area contributed by atoms with Gasteiger partial charge in [-0.1, -0.05) is 12.1 Å². The highest BCUT2D eigenvalue weighted by Gasteiger charge is 2.69. The molecule has 2 aromatic rings. The lowest BCUT2D eigenvalue weighted by Gasteiger charge is -2.52. The van der Waals surface area contributed by atoms with E-state index in [1.807, 2.05) is 19.0 Å². The summed E-state index contributed by atoms with van der Waals surface area (Å²) in [6.07, 6.45) is 0.0737. The second-order valence-electron chi connectivity index (χ2n) is 11.8. The standard InChI is InChI=1S/C30H32FN3O7/c1-33(2)12-15-9-13(5-7-19(15)31)16-6-8-20(35)22-17(16)10-14-11-18-24(34(3)4)26(37)23(29(32)40)28(39)30(18,41)27(38)21(14)25(22)36/h5-9,14,18,21,23-24,35,41H,10-12H2,1-4H3,(H2,32,40). The van der Waals surface area contributed by atoms with Crippen LogP contribution in [0.3, 0.4) is 0 Å². The van der Waals surface area contributed by atoms with Gasteiger partial charge in [0.25, 0.3) is 0 Å². The molecule has 6 atom stereocenters. The number of nitrogens with two attached hydrogens (primary N) is 1. The van der Waals surface area contributed by atoms with Crippen molar-refractivity contribution in [2.24, 2.45) is 29.4 Å². The lowest BCUT2D eigenvalue weighted by molar-refractivity contribution is -0.181. The van der Waals surface area contributed by atoms with Crippen LogP contribution in [-0.2, 0) is 32.1 Å². The van der Waals surface area contributed by atoms with Crippen molar-refractivity contribution >= 4 is 29.0 Å². The quantitative estimate of drug-likeness (QED) is 0.445. The predicted octanol–water partition coefficient (Wildman–Crippen LogP) is 0.735. The lowest BCUT2D eigenvalue weighted by Crippen LogP contribution is -2.74. The lowest BCUT2D eigenvalue weighted by atomic mass is 9.52. The number of fused-ring (bicyclic) bond motifs is 3. The van der Waals surface area contributed by atoms with Gasteiger partial charge < -0.3 is 20.8 Å². The maximum Gasteiger partial charge on any atom is 0.235 e. The van der Waals surface area contributed by atoms with Crippen molar-refractivity contribution in [3.05, 3.63) is 52.8 Å². The van der Waals surface area contributed by atoms with Gasteiger partial charge in [-0.05, 0) is 81.8 Å². The Labute approximate surface area is 235 Å². The predicted molar refractivity (Wildman–Crippen MR) is 144 cm³/mol. The SMILES string of the molecule is CN(C)Cc1cc(-c2ccc(O)c3c2CC2CC4C(N(C)C)C(=O)C(C(N)=O)C(=O)C4(O)C(=O)C2C3=O)ccc1F. The molecule has 41 heavy (non-hydrogen) atoms. The van der Waals surface area contributed by atoms with Gasteiger partial charge in [-0.15, -0.1) is 0 Å². The number of hydrogen-bond acceptors (Lipinski definition) is 9. The number of aliphatic hydroxyl groups is 1. The van der Waals surface area contributed by atoms with E-state index in [4.69, 9.17) is 5.73 Å². The van der Waals surface area contributed by atoms with Crippen molar-refractivity contribution < 1.29 is 38.6 Å². The Morgan fingerprint density at radius 2 is 1.76 bits per heavy atom. The van der Waals surface area contributed by atoms with Crippen molar-refractivity contribution in [1.29, 1.82) is 0 Å². The van der Waals surface area contributed by atoms with Crippen LogP contribution in [-0.4, -0.2) is 88.9 Å². The molecule has 4 N–H and O–H groups in total. The van der Waals surface area contributed by atoms with Crippen molar-refractivity contribution in [2.75, 3.05) is 28.2 Å². The highest BCUT2D eigenvalue weighted by Crippen LogP contribution is 2.51. The van der Waals surface area contributed by atoms with Crippen LogP contribution in [0.4, 0.5) is 4.39 Å². The van der Waals surface area contributed by atoms with E-state index >= 15 is 0 Å². The van der Waals surface area contributed by atoms with E-state index in [-0.39, 0.29) is 30.0 Å². The molecule has 2 aromatic carbocycles. The molecule has 2 saturated carbocycles. The molecule has 0 heterocycles. The minimum Gasteiger partial charge on any atom is -0.507 e. The van der Waals surface area contributed by atoms with Crippen LogP contribution < -0.4 is 5.73 Å². The summed E-state index contributed by atoms with van der Waals surface area (Å²) >= 11 is 0. The molecule has 6 unspecified atom stereocenters. The van der Waals surface area contributed by atoms with Gasteiger partial charge >= 0.3 is 0 Å². The number of benzene rings is 2. The number of halogens is 1. The molecule has 0 aliphatic heterocycles. The zero-order valence-electron chi connectivity index (χ0n) is 23.2. The molecule has 10 nitrogen and oxygen atoms in total. The molecule has 2 fully saturated rings. The Morgan fingerprint density at radius 3 is 2.37 bits per heavy atom. The second-order valence-corrected chi connectivity index (χ2v) is 11.8. The summed E-state index contributed by atoms with van der Waals surface area (Å²) in [7, 11) is 6.68. The Hall–Kier alpha value is -3.80. The maximum absolute atomic E-state index is 14.5. The molecule has 3 aliphatic carbocycles. The fourth-order valence-corrected chi connectivity index (χ4v) is 7.08. The minimum atomic E-state index is -2.78. The molecule has 0 saturated heterocycles. The molecule has 1 amide bonds. The molecule has 216 valence electrons. The fourth-order valence-electron chi connectivity index (χ4n) is 7.08. The number of likely N-dealkylation sites (N-methyl/N-ethyl adjacent to an activating group) is 1. The van der Waals surface area contributed by atoms with Gasteiger partial charge in [-0.25, -0.2) is 4.39 Å². The molecule has 0 bridgehead atoms. The highest BCUT2D eigenvalue weighted by molar-refractivity contribution is 6.32. The van der Waals surface area contributed by atoms with E-state index < -0.39 is 64.4 Å². The summed E-state index contributed by atoms with van der Waals surface area (Å²) < 4.78 is 14.5. The molecule has 0 radical (unpaired) electrons. The van der Waals surface area contributed by atoms with Gasteiger partial charge in [0, 0.05) is 18.0 Å². The second kappa shape index (κ2) is 9.93. The number of hydrogen-bond donors (Lipinski definition) is 3. The van der Waals surface area contributed by atoms with Crippen LogP contribution >= 0.6 is 0 Å². The van der Waals surface area contributed by atoms with Crippen LogP contribution in [0, 0.1) is 29.5 Å². The molecule has 3 aliphatic rings. The summed E-state index contributed by atoms with van der Waals surface area (Å²) in [6.45, 7) is 0.332. The number of amides is 1.